The van der Waals surface area contributed by atoms with Crippen molar-refractivity contribution in [3.63, 3.8) is 0 Å². The van der Waals surface area contributed by atoms with Crippen molar-refractivity contribution in [2.24, 2.45) is 10.8 Å². The van der Waals surface area contributed by atoms with E-state index in [0.29, 0.717) is 0 Å². The van der Waals surface area contributed by atoms with Gasteiger partial charge in [0.1, 0.15) is 0 Å². The van der Waals surface area contributed by atoms with Crippen LogP contribution in [0.5, 0.6) is 0 Å². The summed E-state index contributed by atoms with van der Waals surface area (Å²) in [5, 5.41) is 9.72. The van der Waals surface area contributed by atoms with E-state index in [0.717, 1.165) is 6.42 Å². The van der Waals surface area contributed by atoms with Gasteiger partial charge in [-0.15, -0.1) is 0 Å². The first-order valence-electron chi connectivity index (χ1n) is 4.41. The molecule has 0 aromatic carbocycles. The van der Waals surface area contributed by atoms with Crippen LogP contribution in [0.25, 0.3) is 0 Å². The third-order valence-corrected chi connectivity index (χ3v) is 3.15. The predicted octanol–water partition coefficient (Wildman–Crippen LogP) is 2.83. The minimum absolute atomic E-state index is 0.00174. The second kappa shape index (κ2) is 3.14. The molecule has 1 nitrogen and oxygen atoms in total. The molecule has 0 aliphatic heterocycles. The highest BCUT2D eigenvalue weighted by atomic mass is 16.3. The molecule has 68 valence electrons. The highest BCUT2D eigenvalue weighted by Crippen LogP contribution is 2.41. The van der Waals surface area contributed by atoms with Gasteiger partial charge in [0.2, 0.25) is 0 Å². The van der Waals surface area contributed by atoms with Gasteiger partial charge in [0.25, 0.3) is 0 Å². The molecule has 0 spiro atoms. The zero-order valence-electron chi connectivity index (χ0n) is 8.73. The number of rotatable bonds is 2. The van der Waals surface area contributed by atoms with Gasteiger partial charge < -0.3 is 5.11 Å². The first kappa shape index (κ1) is 11.0. The predicted molar refractivity (Wildman–Crippen MR) is 49.5 cm³/mol. The standard InChI is InChI=1S/C10H22O/c1-7-8(11)10(5,6)9(2,3)4/h8,11H,7H2,1-6H3. The molecule has 1 atom stereocenters. The summed E-state index contributed by atoms with van der Waals surface area (Å²) in [6.07, 6.45) is 0.645. The third kappa shape index (κ3) is 2.19. The van der Waals surface area contributed by atoms with E-state index >= 15 is 0 Å². The summed E-state index contributed by atoms with van der Waals surface area (Å²) in [6.45, 7) is 12.8. The van der Waals surface area contributed by atoms with E-state index in [-0.39, 0.29) is 16.9 Å². The van der Waals surface area contributed by atoms with Gasteiger partial charge in [-0.3, -0.25) is 0 Å². The molecular formula is C10H22O. The minimum atomic E-state index is -0.192. The molecular weight excluding hydrogens is 136 g/mol. The van der Waals surface area contributed by atoms with E-state index < -0.39 is 0 Å². The normalized spacial score (nSPS) is 16.6. The molecule has 0 aromatic rings. The quantitative estimate of drug-likeness (QED) is 0.655. The monoisotopic (exact) mass is 158 g/mol. The van der Waals surface area contributed by atoms with E-state index in [1.54, 1.807) is 0 Å². The lowest BCUT2D eigenvalue weighted by Crippen LogP contribution is -2.40. The van der Waals surface area contributed by atoms with Crippen molar-refractivity contribution < 1.29 is 5.11 Å². The summed E-state index contributed by atoms with van der Waals surface area (Å²) >= 11 is 0. The molecule has 0 saturated heterocycles. The van der Waals surface area contributed by atoms with Gasteiger partial charge >= 0.3 is 0 Å². The molecule has 1 unspecified atom stereocenters. The molecule has 0 heterocycles. The van der Waals surface area contributed by atoms with Gasteiger partial charge in [-0.2, -0.15) is 0 Å². The van der Waals surface area contributed by atoms with Gasteiger partial charge in [0.15, 0.2) is 0 Å². The van der Waals surface area contributed by atoms with Crippen LogP contribution in [-0.2, 0) is 0 Å². The Bertz CT molecular complexity index is 119. The van der Waals surface area contributed by atoms with Crippen molar-refractivity contribution in [1.82, 2.24) is 0 Å². The SMILES string of the molecule is CCC(O)C(C)(C)C(C)(C)C. The van der Waals surface area contributed by atoms with Gasteiger partial charge in [-0.1, -0.05) is 41.5 Å². The molecule has 0 aromatic heterocycles. The zero-order valence-corrected chi connectivity index (χ0v) is 8.73. The van der Waals surface area contributed by atoms with Crippen molar-refractivity contribution in [1.29, 1.82) is 0 Å². The molecule has 0 fully saturated rings. The molecule has 1 heteroatoms. The second-order valence-corrected chi connectivity index (χ2v) is 4.90. The minimum Gasteiger partial charge on any atom is -0.393 e. The Morgan fingerprint density at radius 2 is 1.45 bits per heavy atom. The van der Waals surface area contributed by atoms with E-state index in [4.69, 9.17) is 0 Å². The Kier molecular flexibility index (Phi) is 3.13. The summed E-state index contributed by atoms with van der Waals surface area (Å²) in [5.74, 6) is 0. The van der Waals surface area contributed by atoms with Crippen molar-refractivity contribution >= 4 is 0 Å². The third-order valence-electron chi connectivity index (χ3n) is 3.15. The van der Waals surface area contributed by atoms with Crippen LogP contribution in [0.1, 0.15) is 48.0 Å². The van der Waals surface area contributed by atoms with Gasteiger partial charge in [0.05, 0.1) is 6.10 Å². The van der Waals surface area contributed by atoms with E-state index in [2.05, 4.69) is 34.6 Å². The Morgan fingerprint density at radius 1 is 1.09 bits per heavy atom. The largest absolute Gasteiger partial charge is 0.393 e. The Morgan fingerprint density at radius 3 is 1.55 bits per heavy atom. The molecule has 0 rings (SSSR count). The number of hydrogen-bond donors (Lipinski definition) is 1. The maximum absolute atomic E-state index is 9.72. The van der Waals surface area contributed by atoms with Gasteiger partial charge in [0, 0.05) is 0 Å². The molecule has 1 N–H and O–H groups in total. The van der Waals surface area contributed by atoms with Gasteiger partial charge in [-0.25, -0.2) is 0 Å². The molecule has 0 radical (unpaired) electrons. The first-order valence-corrected chi connectivity index (χ1v) is 4.41. The molecule has 0 bridgehead atoms. The maximum atomic E-state index is 9.72. The lowest BCUT2D eigenvalue weighted by Gasteiger charge is -2.42. The summed E-state index contributed by atoms with van der Waals surface area (Å²) in [4.78, 5) is 0. The zero-order chi connectivity index (χ0) is 9.28. The lowest BCUT2D eigenvalue weighted by molar-refractivity contribution is -0.0287. The van der Waals surface area contributed by atoms with Crippen molar-refractivity contribution in [3.05, 3.63) is 0 Å². The van der Waals surface area contributed by atoms with Crippen LogP contribution in [0.3, 0.4) is 0 Å². The van der Waals surface area contributed by atoms with Crippen molar-refractivity contribution in [2.45, 2.75) is 54.1 Å². The summed E-state index contributed by atoms with van der Waals surface area (Å²) < 4.78 is 0. The summed E-state index contributed by atoms with van der Waals surface area (Å²) in [5.41, 5.74) is 0.171. The number of hydrogen-bond acceptors (Lipinski definition) is 1. The van der Waals surface area contributed by atoms with Crippen LogP contribution in [-0.4, -0.2) is 11.2 Å². The topological polar surface area (TPSA) is 20.2 Å². The van der Waals surface area contributed by atoms with E-state index in [1.165, 1.54) is 0 Å². The number of aliphatic hydroxyl groups is 1. The average molecular weight is 158 g/mol. The average Bonchev–Trinajstić information content (AvgIpc) is 1.83. The highest BCUT2D eigenvalue weighted by Gasteiger charge is 2.37. The second-order valence-electron chi connectivity index (χ2n) is 4.90. The van der Waals surface area contributed by atoms with Crippen LogP contribution in [0.4, 0.5) is 0 Å². The molecule has 0 aliphatic rings. The van der Waals surface area contributed by atoms with Crippen LogP contribution < -0.4 is 0 Å². The molecule has 0 aliphatic carbocycles. The van der Waals surface area contributed by atoms with Crippen LogP contribution in [0.2, 0.25) is 0 Å². The number of aliphatic hydroxyl groups excluding tert-OH is 1. The fourth-order valence-corrected chi connectivity index (χ4v) is 1.01. The highest BCUT2D eigenvalue weighted by molar-refractivity contribution is 4.87. The summed E-state index contributed by atoms with van der Waals surface area (Å²) in [7, 11) is 0. The fourth-order valence-electron chi connectivity index (χ4n) is 1.01. The summed E-state index contributed by atoms with van der Waals surface area (Å²) in [6, 6.07) is 0. The Labute approximate surface area is 70.8 Å². The van der Waals surface area contributed by atoms with Crippen molar-refractivity contribution in [2.75, 3.05) is 0 Å². The molecule has 11 heavy (non-hydrogen) atoms. The van der Waals surface area contributed by atoms with Crippen LogP contribution in [0, 0.1) is 10.8 Å². The van der Waals surface area contributed by atoms with Gasteiger partial charge in [-0.05, 0) is 17.3 Å². The van der Waals surface area contributed by atoms with Crippen molar-refractivity contribution in [3.8, 4) is 0 Å². The maximum Gasteiger partial charge on any atom is 0.0593 e. The van der Waals surface area contributed by atoms with Crippen LogP contribution >= 0.6 is 0 Å². The fraction of sp³-hybridized carbons (Fsp3) is 1.00. The smallest absolute Gasteiger partial charge is 0.0593 e. The van der Waals surface area contributed by atoms with E-state index in [1.807, 2.05) is 6.92 Å². The molecule has 0 saturated carbocycles. The Balaban J connectivity index is 4.45. The molecule has 0 amide bonds. The van der Waals surface area contributed by atoms with Crippen LogP contribution in [0.15, 0.2) is 0 Å². The first-order chi connectivity index (χ1) is 4.73. The van der Waals surface area contributed by atoms with E-state index in [9.17, 15) is 5.11 Å². The lowest BCUT2D eigenvalue weighted by atomic mass is 9.65. The Hall–Kier alpha value is -0.0400.